The van der Waals surface area contributed by atoms with Crippen LogP contribution in [-0.4, -0.2) is 36.0 Å². The Hall–Kier alpha value is -7.39. The second kappa shape index (κ2) is 27.2. The van der Waals surface area contributed by atoms with Crippen molar-refractivity contribution in [3.05, 3.63) is 150 Å². The van der Waals surface area contributed by atoms with E-state index < -0.39 is 0 Å². The number of carbonyl (C=O) groups is 5. The molecule has 0 amide bonds. The summed E-state index contributed by atoms with van der Waals surface area (Å²) in [6.45, 7) is 2.14. The fourth-order valence-electron chi connectivity index (χ4n) is 4.69. The van der Waals surface area contributed by atoms with E-state index in [9.17, 15) is 24.0 Å². The highest BCUT2D eigenvalue weighted by atomic mass is 16.5. The van der Waals surface area contributed by atoms with Crippen molar-refractivity contribution in [2.24, 2.45) is 0 Å². The van der Waals surface area contributed by atoms with E-state index in [0.717, 1.165) is 32.1 Å². The zero-order chi connectivity index (χ0) is 41.6. The maximum Gasteiger partial charge on any atom is 0.271 e. The van der Waals surface area contributed by atoms with E-state index >= 15 is 0 Å². The van der Waals surface area contributed by atoms with Crippen molar-refractivity contribution in [1.29, 1.82) is 0 Å². The first-order chi connectivity index (χ1) is 28.3. The highest BCUT2D eigenvalue weighted by Crippen LogP contribution is 2.12. The Morgan fingerprint density at radius 2 is 0.845 bits per heavy atom. The summed E-state index contributed by atoms with van der Waals surface area (Å²) < 4.78 is 15.0. The number of hydrogen-bond acceptors (Lipinski definition) is 8. The minimum atomic E-state index is -0.347. The number of Topliss-reactive ketones (excluding diaryl/α,β-unsaturated/α-hetero) is 5. The van der Waals surface area contributed by atoms with Crippen molar-refractivity contribution in [3.63, 3.8) is 0 Å². The fraction of sp³-hybridized carbons (Fsp3) is 0.220. The van der Waals surface area contributed by atoms with Gasteiger partial charge < -0.3 is 13.6 Å². The summed E-state index contributed by atoms with van der Waals surface area (Å²) in [5, 5.41) is 0. The van der Waals surface area contributed by atoms with Crippen LogP contribution in [0, 0.1) is 47.4 Å². The molecular weight excluding hydrogens is 729 g/mol. The molecule has 0 aliphatic rings. The zero-order valence-electron chi connectivity index (χ0n) is 32.7. The molecule has 292 valence electrons. The van der Waals surface area contributed by atoms with Crippen LogP contribution in [0.4, 0.5) is 0 Å². The summed E-state index contributed by atoms with van der Waals surface area (Å²) in [5.74, 6) is 21.0. The Kier molecular flexibility index (Phi) is 21.1. The molecule has 2 heterocycles. The number of ketones is 5. The lowest BCUT2D eigenvalue weighted by molar-refractivity contribution is 0.102. The van der Waals surface area contributed by atoms with Crippen molar-refractivity contribution >= 4 is 28.9 Å². The van der Waals surface area contributed by atoms with Gasteiger partial charge in [-0.05, 0) is 97.4 Å². The van der Waals surface area contributed by atoms with Crippen LogP contribution in [0.5, 0.6) is 5.75 Å². The van der Waals surface area contributed by atoms with Crippen molar-refractivity contribution in [3.8, 4) is 53.1 Å². The normalized spacial score (nSPS) is 9.28. The highest BCUT2D eigenvalue weighted by molar-refractivity contribution is 6.16. The predicted molar refractivity (Wildman–Crippen MR) is 223 cm³/mol. The second-order valence-corrected chi connectivity index (χ2v) is 12.2. The second-order valence-electron chi connectivity index (χ2n) is 12.2. The van der Waals surface area contributed by atoms with Crippen LogP contribution in [0.25, 0.3) is 0 Å². The van der Waals surface area contributed by atoms with Crippen LogP contribution in [0.2, 0.25) is 0 Å². The van der Waals surface area contributed by atoms with Crippen molar-refractivity contribution in [1.82, 2.24) is 0 Å². The average molecular weight is 773 g/mol. The number of ether oxygens (including phenoxy) is 1. The van der Waals surface area contributed by atoms with Crippen molar-refractivity contribution in [2.45, 2.75) is 64.7 Å². The molecule has 8 nitrogen and oxygen atoms in total. The van der Waals surface area contributed by atoms with E-state index in [1.165, 1.54) is 25.4 Å². The van der Waals surface area contributed by atoms with Crippen LogP contribution in [-0.2, 0) is 0 Å². The number of unbranched alkanes of at least 4 members (excludes halogenated alkanes) is 7. The topological polar surface area (TPSA) is 121 Å². The van der Waals surface area contributed by atoms with Crippen molar-refractivity contribution in [2.75, 3.05) is 7.11 Å². The quantitative estimate of drug-likeness (QED) is 0.0502. The van der Waals surface area contributed by atoms with Gasteiger partial charge in [-0.2, -0.15) is 0 Å². The molecule has 0 aliphatic heterocycles. The summed E-state index contributed by atoms with van der Waals surface area (Å²) >= 11 is 0. The molecular formula is C50H44O8. The minimum Gasteiger partial charge on any atom is -0.497 e. The van der Waals surface area contributed by atoms with Gasteiger partial charge in [-0.25, -0.2) is 0 Å². The van der Waals surface area contributed by atoms with Gasteiger partial charge in [0.1, 0.15) is 5.75 Å². The standard InChI is InChI=1S/C22H20O4.C16H10O2.C12H14O2/c1-25-19-15-13-18(14-16-19)20(23)10-7-5-3-2-4-6-8-11-21(24)22-12-9-17-26-22;17-15(13-7-3-1-4-8-13)11-12-16(18)14-9-5-2-6-10-14;1-2-3-4-5-6-8-11(13)12-9-7-10-14-12/h9,12-17H,2-6H2,1H3;1-10H;7,9-10H,2-5H2,1H3. The van der Waals surface area contributed by atoms with E-state index in [0.29, 0.717) is 41.0 Å². The molecule has 8 heteroatoms. The number of carbonyl (C=O) groups excluding carboxylic acids is 5. The molecule has 0 spiro atoms. The van der Waals surface area contributed by atoms with Gasteiger partial charge in [0.25, 0.3) is 11.6 Å². The van der Waals surface area contributed by atoms with Crippen molar-refractivity contribution < 1.29 is 37.5 Å². The SMILES string of the molecule is CCCCCC#CC(=O)c1ccco1.COc1ccc(C(=O)C#CCCCCCC#CC(=O)c2ccco2)cc1.O=C(C#CC(=O)c1ccccc1)c1ccccc1. The third kappa shape index (κ3) is 17.8. The van der Waals surface area contributed by atoms with Crippen LogP contribution >= 0.6 is 0 Å². The zero-order valence-corrected chi connectivity index (χ0v) is 32.7. The van der Waals surface area contributed by atoms with Gasteiger partial charge >= 0.3 is 0 Å². The molecule has 2 aromatic heterocycles. The van der Waals surface area contributed by atoms with Gasteiger partial charge in [0.05, 0.1) is 19.6 Å². The molecule has 5 aromatic rings. The maximum atomic E-state index is 11.9. The molecule has 0 fully saturated rings. The van der Waals surface area contributed by atoms with Crippen LogP contribution in [0.15, 0.2) is 131 Å². The summed E-state index contributed by atoms with van der Waals surface area (Å²) in [4.78, 5) is 58.1. The van der Waals surface area contributed by atoms with Gasteiger partial charge in [0.15, 0.2) is 11.5 Å². The number of benzene rings is 3. The Labute approximate surface area is 340 Å². The molecule has 0 unspecified atom stereocenters. The number of hydrogen-bond donors (Lipinski definition) is 0. The third-order valence-corrected chi connectivity index (χ3v) is 7.82. The molecule has 0 N–H and O–H groups in total. The van der Waals surface area contributed by atoms with Gasteiger partial charge in [0.2, 0.25) is 17.3 Å². The van der Waals surface area contributed by atoms with Gasteiger partial charge in [-0.3, -0.25) is 24.0 Å². The Bertz CT molecular complexity index is 2230. The highest BCUT2D eigenvalue weighted by Gasteiger charge is 2.05. The maximum absolute atomic E-state index is 11.9. The number of rotatable bonds is 13. The lowest BCUT2D eigenvalue weighted by Crippen LogP contribution is -1.98. The molecule has 58 heavy (non-hydrogen) atoms. The molecule has 0 atom stereocenters. The molecule has 5 rings (SSSR count). The first-order valence-electron chi connectivity index (χ1n) is 18.8. The Morgan fingerprint density at radius 1 is 0.448 bits per heavy atom. The van der Waals surface area contributed by atoms with E-state index in [1.54, 1.807) is 104 Å². The summed E-state index contributed by atoms with van der Waals surface area (Å²) in [6.07, 6.45) is 11.2. The summed E-state index contributed by atoms with van der Waals surface area (Å²) in [6, 6.07) is 30.8. The van der Waals surface area contributed by atoms with E-state index in [1.807, 2.05) is 12.1 Å². The third-order valence-electron chi connectivity index (χ3n) is 7.82. The first kappa shape index (κ1) is 45.0. The van der Waals surface area contributed by atoms with Gasteiger partial charge in [-0.15, -0.1) is 0 Å². The molecule has 0 aliphatic carbocycles. The number of methoxy groups -OCH3 is 1. The molecule has 0 bridgehead atoms. The van der Waals surface area contributed by atoms with E-state index in [-0.39, 0.29) is 34.7 Å². The molecule has 0 saturated heterocycles. The Morgan fingerprint density at radius 3 is 1.24 bits per heavy atom. The lowest BCUT2D eigenvalue weighted by atomic mass is 10.1. The smallest absolute Gasteiger partial charge is 0.271 e. The summed E-state index contributed by atoms with van der Waals surface area (Å²) in [5.41, 5.74) is 1.55. The molecule has 0 radical (unpaired) electrons. The molecule has 0 saturated carbocycles. The summed E-state index contributed by atoms with van der Waals surface area (Å²) in [7, 11) is 1.58. The lowest BCUT2D eigenvalue weighted by Gasteiger charge is -1.98. The van der Waals surface area contributed by atoms with Gasteiger partial charge in [-0.1, -0.05) is 105 Å². The average Bonchev–Trinajstić information content (AvgIpc) is 4.02. The predicted octanol–water partition coefficient (Wildman–Crippen LogP) is 10.1. The van der Waals surface area contributed by atoms with Crippen LogP contribution in [0.3, 0.4) is 0 Å². The molecule has 3 aromatic carbocycles. The van der Waals surface area contributed by atoms with Crippen LogP contribution in [0.1, 0.15) is 117 Å². The first-order valence-corrected chi connectivity index (χ1v) is 18.8. The van der Waals surface area contributed by atoms with E-state index in [2.05, 4.69) is 54.3 Å². The monoisotopic (exact) mass is 772 g/mol. The Balaban J connectivity index is 0.000000246. The number of furan rings is 2. The van der Waals surface area contributed by atoms with Crippen LogP contribution < -0.4 is 4.74 Å². The fourth-order valence-corrected chi connectivity index (χ4v) is 4.69. The van der Waals surface area contributed by atoms with Gasteiger partial charge in [0, 0.05) is 36.0 Å². The van der Waals surface area contributed by atoms with E-state index in [4.69, 9.17) is 13.6 Å². The minimum absolute atomic E-state index is 0.185. The largest absolute Gasteiger partial charge is 0.497 e.